The smallest absolute Gasteiger partial charge is 0.228 e. The Labute approximate surface area is 102 Å². The van der Waals surface area contributed by atoms with Crippen LogP contribution in [0.5, 0.6) is 0 Å². The summed E-state index contributed by atoms with van der Waals surface area (Å²) in [5.74, 6) is 0.529. The third-order valence-corrected chi connectivity index (χ3v) is 2.84. The molecule has 1 amide bonds. The number of carbonyl (C=O) groups excluding carboxylic acids is 1. The van der Waals surface area contributed by atoms with Crippen molar-refractivity contribution in [3.63, 3.8) is 0 Å². The van der Waals surface area contributed by atoms with Crippen LogP contribution in [0, 0.1) is 5.92 Å². The highest BCUT2D eigenvalue weighted by Gasteiger charge is 2.16. The maximum absolute atomic E-state index is 11.8. The number of nitrogens with zero attached hydrogens (tertiary/aromatic N) is 1. The molecule has 88 valence electrons. The summed E-state index contributed by atoms with van der Waals surface area (Å²) in [6.45, 7) is 3.76. The summed E-state index contributed by atoms with van der Waals surface area (Å²) < 4.78 is 0. The average Bonchev–Trinajstić information content (AvgIpc) is 2.30. The van der Waals surface area contributed by atoms with Crippen LogP contribution in [0.3, 0.4) is 0 Å². The van der Waals surface area contributed by atoms with Crippen LogP contribution in [-0.2, 0) is 4.79 Å². The first-order valence-corrected chi connectivity index (χ1v) is 5.92. The Kier molecular flexibility index (Phi) is 3.43. The second-order valence-corrected chi connectivity index (χ2v) is 4.40. The summed E-state index contributed by atoms with van der Waals surface area (Å²) in [5.41, 5.74) is 1.90. The monoisotopic (exact) mass is 227 g/mol. The fourth-order valence-corrected chi connectivity index (χ4v) is 2.06. The Morgan fingerprint density at radius 2 is 2.00 bits per heavy atom. The van der Waals surface area contributed by atoms with E-state index in [1.54, 1.807) is 11.8 Å². The average molecular weight is 227 g/mol. The minimum atomic E-state index is 0.0428. The lowest BCUT2D eigenvalue weighted by molar-refractivity contribution is -0.116. The van der Waals surface area contributed by atoms with E-state index >= 15 is 0 Å². The van der Waals surface area contributed by atoms with Crippen molar-refractivity contribution in [3.05, 3.63) is 54.3 Å². The van der Waals surface area contributed by atoms with Gasteiger partial charge >= 0.3 is 0 Å². The molecule has 0 radical (unpaired) electrons. The van der Waals surface area contributed by atoms with Crippen molar-refractivity contribution in [2.75, 3.05) is 4.90 Å². The predicted octanol–water partition coefficient (Wildman–Crippen LogP) is 3.52. The van der Waals surface area contributed by atoms with Crippen LogP contribution in [0.25, 0.3) is 0 Å². The van der Waals surface area contributed by atoms with Crippen LogP contribution in [0.2, 0.25) is 0 Å². The van der Waals surface area contributed by atoms with Crippen LogP contribution in [0.1, 0.15) is 20.3 Å². The summed E-state index contributed by atoms with van der Waals surface area (Å²) in [4.78, 5) is 13.6. The lowest BCUT2D eigenvalue weighted by atomic mass is 10.0. The van der Waals surface area contributed by atoms with E-state index < -0.39 is 0 Å². The Morgan fingerprint density at radius 1 is 1.29 bits per heavy atom. The number of allylic oxidation sites excluding steroid dienone is 3. The van der Waals surface area contributed by atoms with Gasteiger partial charge in [0.2, 0.25) is 5.91 Å². The third kappa shape index (κ3) is 2.64. The predicted molar refractivity (Wildman–Crippen MR) is 70.6 cm³/mol. The Hall–Kier alpha value is -1.83. The number of anilines is 1. The molecule has 1 aromatic carbocycles. The molecule has 17 heavy (non-hydrogen) atoms. The Morgan fingerprint density at radius 3 is 2.59 bits per heavy atom. The van der Waals surface area contributed by atoms with E-state index in [4.69, 9.17) is 0 Å². The molecular formula is C15H17NO. The van der Waals surface area contributed by atoms with Gasteiger partial charge in [-0.2, -0.15) is 0 Å². The van der Waals surface area contributed by atoms with Gasteiger partial charge in [0, 0.05) is 18.3 Å². The molecule has 0 aliphatic heterocycles. The van der Waals surface area contributed by atoms with Gasteiger partial charge in [-0.05, 0) is 30.5 Å². The lowest BCUT2D eigenvalue weighted by Gasteiger charge is -2.25. The summed E-state index contributed by atoms with van der Waals surface area (Å²) in [5, 5.41) is 0. The van der Waals surface area contributed by atoms with Crippen molar-refractivity contribution in [3.8, 4) is 0 Å². The molecule has 2 nitrogen and oxygen atoms in total. The largest absolute Gasteiger partial charge is 0.282 e. The van der Waals surface area contributed by atoms with Crippen LogP contribution >= 0.6 is 0 Å². The van der Waals surface area contributed by atoms with Crippen molar-refractivity contribution < 1.29 is 4.79 Å². The van der Waals surface area contributed by atoms with Crippen molar-refractivity contribution in [1.29, 1.82) is 0 Å². The molecule has 0 saturated carbocycles. The molecule has 0 spiro atoms. The number of hydrogen-bond acceptors (Lipinski definition) is 1. The molecule has 1 aliphatic rings. The number of rotatable bonds is 2. The first-order chi connectivity index (χ1) is 8.18. The maximum Gasteiger partial charge on any atom is 0.228 e. The lowest BCUT2D eigenvalue weighted by Crippen LogP contribution is -2.27. The molecule has 1 atom stereocenters. The molecule has 1 unspecified atom stereocenters. The van der Waals surface area contributed by atoms with E-state index in [-0.39, 0.29) is 5.91 Å². The van der Waals surface area contributed by atoms with E-state index in [2.05, 4.69) is 19.1 Å². The minimum Gasteiger partial charge on any atom is -0.282 e. The zero-order chi connectivity index (χ0) is 12.3. The highest BCUT2D eigenvalue weighted by molar-refractivity contribution is 5.95. The van der Waals surface area contributed by atoms with E-state index in [9.17, 15) is 4.79 Å². The molecule has 0 heterocycles. The van der Waals surface area contributed by atoms with Crippen molar-refractivity contribution >= 4 is 11.6 Å². The van der Waals surface area contributed by atoms with Gasteiger partial charge in [-0.1, -0.05) is 37.3 Å². The molecule has 1 aliphatic carbocycles. The summed E-state index contributed by atoms with van der Waals surface area (Å²) in [7, 11) is 0. The fourth-order valence-electron chi connectivity index (χ4n) is 2.06. The third-order valence-electron chi connectivity index (χ3n) is 2.84. The molecule has 2 rings (SSSR count). The SMILES string of the molecule is CC(=O)N(C1=CC(C)CC=C1)c1ccccc1. The van der Waals surface area contributed by atoms with Gasteiger partial charge in [0.05, 0.1) is 0 Å². The highest BCUT2D eigenvalue weighted by atomic mass is 16.2. The van der Waals surface area contributed by atoms with Crippen molar-refractivity contribution in [2.24, 2.45) is 5.92 Å². The van der Waals surface area contributed by atoms with E-state index in [0.29, 0.717) is 5.92 Å². The maximum atomic E-state index is 11.8. The van der Waals surface area contributed by atoms with Crippen LogP contribution < -0.4 is 4.90 Å². The number of para-hydroxylation sites is 1. The second kappa shape index (κ2) is 5.00. The molecular weight excluding hydrogens is 210 g/mol. The van der Waals surface area contributed by atoms with E-state index in [0.717, 1.165) is 17.8 Å². The molecule has 2 heteroatoms. The summed E-state index contributed by atoms with van der Waals surface area (Å²) >= 11 is 0. The summed E-state index contributed by atoms with van der Waals surface area (Å²) in [6.07, 6.45) is 7.34. The normalized spacial score (nSPS) is 18.7. The Bertz CT molecular complexity index is 459. The van der Waals surface area contributed by atoms with Gasteiger partial charge in [-0.25, -0.2) is 0 Å². The zero-order valence-electron chi connectivity index (χ0n) is 10.3. The van der Waals surface area contributed by atoms with Gasteiger partial charge in [0.25, 0.3) is 0 Å². The molecule has 0 saturated heterocycles. The molecule has 0 aromatic heterocycles. The van der Waals surface area contributed by atoms with E-state index in [1.807, 2.05) is 36.4 Å². The van der Waals surface area contributed by atoms with Crippen LogP contribution in [0.15, 0.2) is 54.3 Å². The van der Waals surface area contributed by atoms with Gasteiger partial charge in [-0.3, -0.25) is 9.69 Å². The van der Waals surface area contributed by atoms with Gasteiger partial charge < -0.3 is 0 Å². The van der Waals surface area contributed by atoms with Crippen LogP contribution in [-0.4, -0.2) is 5.91 Å². The van der Waals surface area contributed by atoms with Crippen molar-refractivity contribution in [2.45, 2.75) is 20.3 Å². The fraction of sp³-hybridized carbons (Fsp3) is 0.267. The number of carbonyl (C=O) groups is 1. The quantitative estimate of drug-likeness (QED) is 0.757. The number of benzene rings is 1. The number of hydrogen-bond donors (Lipinski definition) is 0. The second-order valence-electron chi connectivity index (χ2n) is 4.40. The standard InChI is InChI=1S/C15H17NO/c1-12-7-6-10-15(11-12)16(13(2)17)14-8-4-3-5-9-14/h3-6,8-12H,7H2,1-2H3. The molecule has 0 N–H and O–H groups in total. The molecule has 0 bridgehead atoms. The van der Waals surface area contributed by atoms with Gasteiger partial charge in [0.1, 0.15) is 0 Å². The van der Waals surface area contributed by atoms with Crippen LogP contribution in [0.4, 0.5) is 5.69 Å². The number of amides is 1. The summed E-state index contributed by atoms with van der Waals surface area (Å²) in [6, 6.07) is 9.75. The minimum absolute atomic E-state index is 0.0428. The van der Waals surface area contributed by atoms with E-state index in [1.165, 1.54) is 0 Å². The zero-order valence-corrected chi connectivity index (χ0v) is 10.3. The molecule has 1 aromatic rings. The Balaban J connectivity index is 2.37. The first kappa shape index (κ1) is 11.6. The first-order valence-electron chi connectivity index (χ1n) is 5.92. The van der Waals surface area contributed by atoms with Gasteiger partial charge in [-0.15, -0.1) is 0 Å². The topological polar surface area (TPSA) is 20.3 Å². The van der Waals surface area contributed by atoms with Gasteiger partial charge in [0.15, 0.2) is 0 Å². The molecule has 0 fully saturated rings. The van der Waals surface area contributed by atoms with Crippen molar-refractivity contribution in [1.82, 2.24) is 0 Å². The highest BCUT2D eigenvalue weighted by Crippen LogP contribution is 2.24.